The lowest BCUT2D eigenvalue weighted by atomic mass is 10.1. The summed E-state index contributed by atoms with van der Waals surface area (Å²) in [4.78, 5) is 13.0. The van der Waals surface area contributed by atoms with Crippen LogP contribution < -0.4 is 16.4 Å². The zero-order valence-electron chi connectivity index (χ0n) is 19.6. The number of hydrogen-bond donors (Lipinski definition) is 3. The molecule has 3 aromatic heterocycles. The van der Waals surface area contributed by atoms with Gasteiger partial charge in [-0.1, -0.05) is 12.1 Å². The van der Waals surface area contributed by atoms with E-state index in [9.17, 15) is 0 Å². The number of nitrogens with zero attached hydrogens (tertiary/aromatic N) is 5. The van der Waals surface area contributed by atoms with Gasteiger partial charge in [0.25, 0.3) is 5.78 Å². The first-order valence-electron chi connectivity index (χ1n) is 11.4. The van der Waals surface area contributed by atoms with Crippen molar-refractivity contribution in [1.29, 1.82) is 0 Å². The second kappa shape index (κ2) is 12.6. The summed E-state index contributed by atoms with van der Waals surface area (Å²) >= 11 is 0. The Morgan fingerprint density at radius 2 is 1.71 bits per heavy atom. The fraction of sp³-hybridized carbons (Fsp3) is 0.391. The molecule has 4 rings (SSSR count). The van der Waals surface area contributed by atoms with E-state index in [4.69, 9.17) is 24.4 Å². The van der Waals surface area contributed by atoms with Gasteiger partial charge in [0.15, 0.2) is 5.76 Å². The second-order valence-electron chi connectivity index (χ2n) is 7.55. The molecule has 0 fully saturated rings. The Hall–Kier alpha value is -3.74. The molecule has 0 saturated carbocycles. The molecule has 1 aromatic carbocycles. The van der Waals surface area contributed by atoms with Crippen LogP contribution in [0.3, 0.4) is 0 Å². The molecule has 186 valence electrons. The number of benzene rings is 1. The monoisotopic (exact) mass is 482 g/mol. The standard InChI is InChI=1S/C23H30N8O4/c1-32-13-14-34-16-15-33-12-10-25-18-6-4-17(5-7-18)8-9-26-22-28-21(24)31-23(29-22)27-20(30-31)19-3-2-11-35-19/h2-7,11,25H,8-10,12-16H2,1H3,(H3,24,26,27,28,29,30). The highest BCUT2D eigenvalue weighted by atomic mass is 16.5. The molecule has 35 heavy (non-hydrogen) atoms. The minimum absolute atomic E-state index is 0.195. The molecular formula is C23H30N8O4. The highest BCUT2D eigenvalue weighted by Crippen LogP contribution is 2.17. The summed E-state index contributed by atoms with van der Waals surface area (Å²) in [5, 5.41) is 10.8. The zero-order chi connectivity index (χ0) is 24.3. The largest absolute Gasteiger partial charge is 0.461 e. The molecule has 0 radical (unpaired) electrons. The normalized spacial score (nSPS) is 11.2. The summed E-state index contributed by atoms with van der Waals surface area (Å²) in [6.07, 6.45) is 2.36. The Bertz CT molecular complexity index is 1160. The highest BCUT2D eigenvalue weighted by molar-refractivity contribution is 5.52. The number of furan rings is 1. The van der Waals surface area contributed by atoms with Gasteiger partial charge in [0.1, 0.15) is 0 Å². The van der Waals surface area contributed by atoms with E-state index in [0.29, 0.717) is 62.9 Å². The van der Waals surface area contributed by atoms with Crippen LogP contribution >= 0.6 is 0 Å². The third kappa shape index (κ3) is 7.12. The van der Waals surface area contributed by atoms with Gasteiger partial charge in [0.05, 0.1) is 39.3 Å². The molecule has 4 N–H and O–H groups in total. The summed E-state index contributed by atoms with van der Waals surface area (Å²) in [5.41, 5.74) is 8.25. The van der Waals surface area contributed by atoms with Crippen LogP contribution in [0.5, 0.6) is 0 Å². The van der Waals surface area contributed by atoms with Gasteiger partial charge in [-0.2, -0.15) is 19.5 Å². The predicted octanol–water partition coefficient (Wildman–Crippen LogP) is 2.11. The average Bonchev–Trinajstić information content (AvgIpc) is 3.54. The smallest absolute Gasteiger partial charge is 0.259 e. The van der Waals surface area contributed by atoms with E-state index in [2.05, 4.69) is 54.9 Å². The maximum Gasteiger partial charge on any atom is 0.259 e. The summed E-state index contributed by atoms with van der Waals surface area (Å²) in [5.74, 6) is 1.89. The highest BCUT2D eigenvalue weighted by Gasteiger charge is 2.13. The minimum atomic E-state index is 0.195. The molecular weight excluding hydrogens is 452 g/mol. The van der Waals surface area contributed by atoms with Crippen LogP contribution in [0.1, 0.15) is 5.56 Å². The number of nitrogens with one attached hydrogen (secondary N) is 2. The van der Waals surface area contributed by atoms with E-state index in [1.165, 1.54) is 10.1 Å². The summed E-state index contributed by atoms with van der Waals surface area (Å²) in [7, 11) is 1.65. The molecule has 3 heterocycles. The molecule has 0 saturated heterocycles. The first-order chi connectivity index (χ1) is 17.2. The summed E-state index contributed by atoms with van der Waals surface area (Å²) < 4.78 is 22.5. The van der Waals surface area contributed by atoms with E-state index < -0.39 is 0 Å². The Kier molecular flexibility index (Phi) is 8.81. The van der Waals surface area contributed by atoms with Crippen molar-refractivity contribution < 1.29 is 18.6 Å². The van der Waals surface area contributed by atoms with Crippen molar-refractivity contribution in [1.82, 2.24) is 24.6 Å². The van der Waals surface area contributed by atoms with E-state index in [1.54, 1.807) is 25.5 Å². The number of nitrogens with two attached hydrogens (primary N) is 1. The van der Waals surface area contributed by atoms with Gasteiger partial charge in [-0.15, -0.1) is 5.10 Å². The molecule has 12 nitrogen and oxygen atoms in total. The van der Waals surface area contributed by atoms with Crippen LogP contribution in [-0.2, 0) is 20.6 Å². The van der Waals surface area contributed by atoms with Gasteiger partial charge in [0.2, 0.25) is 17.7 Å². The van der Waals surface area contributed by atoms with E-state index in [-0.39, 0.29) is 5.95 Å². The zero-order valence-corrected chi connectivity index (χ0v) is 19.6. The number of anilines is 3. The van der Waals surface area contributed by atoms with Crippen molar-refractivity contribution in [3.05, 3.63) is 48.2 Å². The number of hydrogen-bond acceptors (Lipinski definition) is 11. The first kappa shape index (κ1) is 24.4. The molecule has 0 spiro atoms. The topological polar surface area (TPSA) is 147 Å². The Morgan fingerprint density at radius 3 is 2.49 bits per heavy atom. The van der Waals surface area contributed by atoms with Crippen molar-refractivity contribution in [2.24, 2.45) is 0 Å². The van der Waals surface area contributed by atoms with Crippen LogP contribution in [0, 0.1) is 0 Å². The van der Waals surface area contributed by atoms with Gasteiger partial charge in [0, 0.05) is 25.9 Å². The molecule has 12 heteroatoms. The third-order valence-corrected chi connectivity index (χ3v) is 5.01. The van der Waals surface area contributed by atoms with Crippen LogP contribution in [0.25, 0.3) is 17.4 Å². The maximum atomic E-state index is 6.03. The number of fused-ring (bicyclic) bond motifs is 1. The molecule has 4 aromatic rings. The van der Waals surface area contributed by atoms with Gasteiger partial charge >= 0.3 is 0 Å². The van der Waals surface area contributed by atoms with E-state index in [0.717, 1.165) is 18.7 Å². The molecule has 0 aliphatic heterocycles. The van der Waals surface area contributed by atoms with Crippen LogP contribution in [0.15, 0.2) is 47.1 Å². The number of methoxy groups -OCH3 is 1. The maximum absolute atomic E-state index is 6.03. The lowest BCUT2D eigenvalue weighted by molar-refractivity contribution is 0.0272. The van der Waals surface area contributed by atoms with Crippen molar-refractivity contribution >= 4 is 23.4 Å². The third-order valence-electron chi connectivity index (χ3n) is 5.01. The Labute approximate surface area is 202 Å². The molecule has 0 bridgehead atoms. The van der Waals surface area contributed by atoms with Gasteiger partial charge in [-0.25, -0.2) is 0 Å². The molecule has 0 aliphatic rings. The lowest BCUT2D eigenvalue weighted by Crippen LogP contribution is -2.13. The van der Waals surface area contributed by atoms with Gasteiger partial charge in [-0.3, -0.25) is 0 Å². The minimum Gasteiger partial charge on any atom is -0.461 e. The molecule has 0 aliphatic carbocycles. The van der Waals surface area contributed by atoms with Crippen LogP contribution in [0.4, 0.5) is 17.6 Å². The molecule has 0 amide bonds. The van der Waals surface area contributed by atoms with Crippen LogP contribution in [-0.4, -0.2) is 77.8 Å². The van der Waals surface area contributed by atoms with E-state index >= 15 is 0 Å². The van der Waals surface area contributed by atoms with Crippen molar-refractivity contribution in [2.45, 2.75) is 6.42 Å². The Balaban J connectivity index is 1.18. The fourth-order valence-corrected chi connectivity index (χ4v) is 3.23. The number of nitrogen functional groups attached to an aromatic ring is 1. The molecule has 0 atom stereocenters. The first-order valence-corrected chi connectivity index (χ1v) is 11.4. The SMILES string of the molecule is COCCOCCOCCNc1ccc(CCNc2nc(N)n3nc(-c4ccco4)nc3n2)cc1. The second-order valence-corrected chi connectivity index (χ2v) is 7.55. The summed E-state index contributed by atoms with van der Waals surface area (Å²) in [6.45, 7) is 4.31. The lowest BCUT2D eigenvalue weighted by Gasteiger charge is -2.09. The molecule has 0 unspecified atom stereocenters. The van der Waals surface area contributed by atoms with Gasteiger partial charge in [-0.05, 0) is 36.2 Å². The number of rotatable bonds is 15. The predicted molar refractivity (Wildman–Crippen MR) is 131 cm³/mol. The summed E-state index contributed by atoms with van der Waals surface area (Å²) in [6, 6.07) is 11.8. The van der Waals surface area contributed by atoms with Crippen LogP contribution in [0.2, 0.25) is 0 Å². The number of ether oxygens (including phenoxy) is 3. The van der Waals surface area contributed by atoms with E-state index in [1.807, 2.05) is 0 Å². The van der Waals surface area contributed by atoms with Crippen molar-refractivity contribution in [2.75, 3.05) is 69.6 Å². The quantitative estimate of drug-likeness (QED) is 0.214. The fourth-order valence-electron chi connectivity index (χ4n) is 3.23. The number of aromatic nitrogens is 5. The average molecular weight is 483 g/mol. The van der Waals surface area contributed by atoms with Crippen molar-refractivity contribution in [3.8, 4) is 11.6 Å². The Morgan fingerprint density at radius 1 is 0.914 bits per heavy atom. The van der Waals surface area contributed by atoms with Gasteiger partial charge < -0.3 is 35.0 Å². The van der Waals surface area contributed by atoms with Crippen molar-refractivity contribution in [3.63, 3.8) is 0 Å².